The van der Waals surface area contributed by atoms with Crippen LogP contribution in [0.3, 0.4) is 0 Å². The van der Waals surface area contributed by atoms with Crippen molar-refractivity contribution in [2.45, 2.75) is 83.6 Å². The molecular weight excluding hydrogens is 1810 g/mol. The Morgan fingerprint density at radius 2 is 0.481 bits per heavy atom. The minimum atomic E-state index is -0.529. The van der Waals surface area contributed by atoms with Gasteiger partial charge in [0.15, 0.2) is 0 Å². The number of likely N-dealkylation sites (tertiary alicyclic amines) is 1. The van der Waals surface area contributed by atoms with Crippen LogP contribution in [-0.2, 0) is 23.7 Å². The van der Waals surface area contributed by atoms with Crippen LogP contribution in [0.4, 0.5) is 357 Å². The Kier molecular flexibility index (Phi) is 2070. The van der Waals surface area contributed by atoms with Crippen LogP contribution in [0, 0.1) is 5.92 Å². The van der Waals surface area contributed by atoms with Gasteiger partial charge in [-0.2, -0.15) is 0 Å². The van der Waals surface area contributed by atoms with Crippen molar-refractivity contribution in [2.24, 2.45) is 5.92 Å². The van der Waals surface area contributed by atoms with Gasteiger partial charge in [-0.05, 0) is 59.8 Å². The highest BCUT2D eigenvalue weighted by Crippen LogP contribution is 2.29. The van der Waals surface area contributed by atoms with E-state index in [-0.39, 0.29) is 40.9 Å². The van der Waals surface area contributed by atoms with Crippen molar-refractivity contribution >= 4 is 12.1 Å². The minimum absolute atomic E-state index is 0. The standard InChI is InChI=1S/C20H35NO6.38F2.FH/c1-6-25-18(22)14-7-9-16(10-8-14)26-13-15-11-17(24-5)12-21(15)19(23)27-20(2,3)4;38*1-2;/h14-17H,6-13H2,1-5H3;;;;;;;;;;;;;;;;;;;;;;;;;;;;;;;;;;;;;;;1H/t14?,15-,16?,17-;;;;;;;;;;;;;;;;;;;;;;;;;;;;;;;;;;;;;;;/m0......................................./s1. The van der Waals surface area contributed by atoms with E-state index < -0.39 is 5.60 Å². The van der Waals surface area contributed by atoms with E-state index in [4.69, 9.17) is 367 Å². The average molecular weight is 1850 g/mol. The SMILES string of the molecule is CCOC(=O)C1CCC(OC[C@@H]2C[C@H](OC)CN2C(=O)OC(C)(C)C)CC1.F.FF.FF.FF.FF.FF.FF.FF.FF.FF.FF.FF.FF.FF.FF.FF.FF.FF.FF.FF.FF.FF.FF.FF.FF.FF.FF.FF.FF.FF.FF.FF.FF.FF.FF.FF.FF.FF.FF. The van der Waals surface area contributed by atoms with Crippen molar-refractivity contribution < 1.29 is 381 Å². The summed E-state index contributed by atoms with van der Waals surface area (Å²) < 4.78 is 630. The first-order valence-corrected chi connectivity index (χ1v) is 15.5. The van der Waals surface area contributed by atoms with Crippen molar-refractivity contribution in [3.63, 3.8) is 0 Å². The third-order valence-corrected chi connectivity index (χ3v) is 5.16. The number of rotatable bonds is 6. The number of hydrogen-bond donors (Lipinski definition) is 0. The van der Waals surface area contributed by atoms with E-state index in [9.17, 15) is 9.59 Å². The monoisotopic (exact) mass is 1850 g/mol. The van der Waals surface area contributed by atoms with Crippen LogP contribution in [0.2, 0.25) is 0 Å². The Morgan fingerprint density at radius 3 is 0.625 bits per heavy atom. The zero-order valence-corrected chi connectivity index (χ0v) is 46.5. The Balaban J connectivity index is -0.0000000135. The van der Waals surface area contributed by atoms with Gasteiger partial charge in [0.1, 0.15) is 5.60 Å². The first-order chi connectivity index (χ1) is 50.7. The van der Waals surface area contributed by atoms with Crippen LogP contribution in [0.15, 0.2) is 0 Å². The molecule has 2 rings (SSSR count). The largest absolute Gasteiger partial charge is 0.466 e. The number of methoxy groups -OCH3 is 1. The summed E-state index contributed by atoms with van der Waals surface area (Å²) in [4.78, 5) is 26.1. The summed E-state index contributed by atoms with van der Waals surface area (Å²) in [7, 11) is 1.66. The zero-order valence-electron chi connectivity index (χ0n) is 46.5. The molecule has 104 heavy (non-hydrogen) atoms. The fraction of sp³-hybridized carbons (Fsp3) is 0.900. The number of hydrogen-bond acceptors (Lipinski definition) is 6. The number of nitrogens with zero attached hydrogens (tertiary/aromatic N) is 1. The van der Waals surface area contributed by atoms with Gasteiger partial charge in [0.2, 0.25) is 0 Å². The first-order valence-electron chi connectivity index (χ1n) is 15.5. The lowest BCUT2D eigenvalue weighted by Crippen LogP contribution is -2.42. The highest BCUT2D eigenvalue weighted by molar-refractivity contribution is 5.72. The molecule has 0 radical (unpaired) electrons. The molecule has 2 atom stereocenters. The molecule has 1 amide bonds. The van der Waals surface area contributed by atoms with Crippen molar-refractivity contribution in [3.8, 4) is 0 Å². The first kappa shape index (κ1) is 257. The second-order valence-electron chi connectivity index (χ2n) is 8.44. The quantitative estimate of drug-likeness (QED) is 0.195. The summed E-state index contributed by atoms with van der Waals surface area (Å²) in [6, 6.07) is -0.0485. The van der Waals surface area contributed by atoms with Crippen LogP contribution >= 0.6 is 0 Å². The summed E-state index contributed by atoms with van der Waals surface area (Å²) in [5, 5.41) is 0. The molecular formula is C20H36F77NO6. The number of amides is 1. The molecule has 0 unspecified atom stereocenters. The molecule has 696 valence electrons. The normalized spacial score (nSPS) is 9.68. The molecule has 2 aliphatic rings. The molecule has 0 aromatic rings. The second kappa shape index (κ2) is 839. The molecule has 0 aromatic carbocycles. The van der Waals surface area contributed by atoms with Crippen LogP contribution in [0.1, 0.15) is 59.8 Å². The lowest BCUT2D eigenvalue weighted by molar-refractivity contribution is -0.150. The summed E-state index contributed by atoms with van der Waals surface area (Å²) in [5.74, 6) is -0.0989. The van der Waals surface area contributed by atoms with Gasteiger partial charge in [-0.25, -0.2) is 4.79 Å². The molecule has 1 saturated heterocycles. The van der Waals surface area contributed by atoms with Crippen molar-refractivity contribution in [1.82, 2.24) is 4.90 Å². The van der Waals surface area contributed by atoms with Gasteiger partial charge in [-0.15, -0.1) is 0 Å². The zero-order chi connectivity index (χ0) is 96.0. The third kappa shape index (κ3) is 578. The molecule has 1 aliphatic carbocycles. The van der Waals surface area contributed by atoms with E-state index in [0.29, 0.717) is 19.8 Å². The predicted molar refractivity (Wildman–Crippen MR) is 187 cm³/mol. The van der Waals surface area contributed by atoms with Gasteiger partial charge >= 0.3 is 12.1 Å². The smallest absolute Gasteiger partial charge is 0.410 e. The highest BCUT2D eigenvalue weighted by Gasteiger charge is 2.38. The van der Waals surface area contributed by atoms with Gasteiger partial charge < -0.3 is 23.8 Å². The van der Waals surface area contributed by atoms with Crippen LogP contribution in [-0.4, -0.2) is 67.7 Å². The maximum atomic E-state index is 12.5. The van der Waals surface area contributed by atoms with Crippen molar-refractivity contribution in [3.05, 3.63) is 0 Å². The van der Waals surface area contributed by atoms with Crippen molar-refractivity contribution in [1.29, 1.82) is 0 Å². The van der Waals surface area contributed by atoms with E-state index in [0.717, 1.165) is 32.1 Å². The Bertz CT molecular complexity index is 581. The molecule has 1 heterocycles. The summed E-state index contributed by atoms with van der Waals surface area (Å²) in [5.41, 5.74) is -0.529. The third-order valence-electron chi connectivity index (χ3n) is 5.16. The van der Waals surface area contributed by atoms with Gasteiger partial charge in [0.05, 0.1) is 43.9 Å². The lowest BCUT2D eigenvalue weighted by atomic mass is 9.87. The van der Waals surface area contributed by atoms with E-state index in [1.54, 1.807) is 12.0 Å². The van der Waals surface area contributed by atoms with E-state index >= 15 is 0 Å². The Morgan fingerprint density at radius 1 is 0.308 bits per heavy atom. The number of carbonyl (C=O) groups is 2. The number of esters is 1. The second-order valence-corrected chi connectivity index (χ2v) is 8.44. The maximum Gasteiger partial charge on any atom is 0.410 e. The summed E-state index contributed by atoms with van der Waals surface area (Å²) in [6.07, 6.45) is 3.83. The number of ether oxygens (including phenoxy) is 4. The average Bonchev–Trinajstić information content (AvgIpc) is 2.08. The predicted octanol–water partition coefficient (Wildman–Crippen LogP) is 35.2. The maximum absolute atomic E-state index is 12.5. The van der Waals surface area contributed by atoms with Crippen LogP contribution in [0.5, 0.6) is 0 Å². The van der Waals surface area contributed by atoms with E-state index in [2.05, 4.69) is 0 Å². The highest BCUT2D eigenvalue weighted by atomic mass is 20.1. The molecule has 0 N–H and O–H groups in total. The fourth-order valence-corrected chi connectivity index (χ4v) is 3.72. The number of halogens is 77. The van der Waals surface area contributed by atoms with Crippen molar-refractivity contribution in [2.75, 3.05) is 26.9 Å². The molecule has 2 fully saturated rings. The van der Waals surface area contributed by atoms with Crippen LogP contribution < -0.4 is 0 Å². The molecule has 1 aliphatic heterocycles. The molecule has 0 spiro atoms. The fourth-order valence-electron chi connectivity index (χ4n) is 3.72. The molecule has 1 saturated carbocycles. The lowest BCUT2D eigenvalue weighted by Gasteiger charge is -2.31. The Labute approximate surface area is 516 Å². The summed E-state index contributed by atoms with van der Waals surface area (Å²) >= 11 is 0. The van der Waals surface area contributed by atoms with Gasteiger partial charge in [-0.1, -0.05) is 0 Å². The summed E-state index contributed by atoms with van der Waals surface area (Å²) in [6.45, 7) is 8.84. The Hall–Kier alpha value is -6.73. The molecule has 7 nitrogen and oxygen atoms in total. The van der Waals surface area contributed by atoms with Crippen LogP contribution in [0.25, 0.3) is 0 Å². The molecule has 84 heteroatoms. The minimum Gasteiger partial charge on any atom is -0.466 e. The number of carbonyl (C=O) groups excluding carboxylic acids is 2. The molecule has 0 bridgehead atoms. The van der Waals surface area contributed by atoms with Gasteiger partial charge in [0, 0.05) is 355 Å². The van der Waals surface area contributed by atoms with E-state index in [1.807, 2.05) is 27.7 Å². The van der Waals surface area contributed by atoms with Gasteiger partial charge in [0.25, 0.3) is 0 Å². The topological polar surface area (TPSA) is 74.3 Å². The van der Waals surface area contributed by atoms with E-state index in [1.165, 1.54) is 0 Å². The van der Waals surface area contributed by atoms with Gasteiger partial charge in [-0.3, -0.25) is 9.50 Å². The molecule has 0 aromatic heterocycles.